The average Bonchev–Trinajstić information content (AvgIpc) is 2.08. The van der Waals surface area contributed by atoms with Crippen LogP contribution >= 0.6 is 11.6 Å². The minimum Gasteiger partial charge on any atom is -0.427 e. The molecule has 0 amide bonds. The predicted octanol–water partition coefficient (Wildman–Crippen LogP) is 2.77. The SMILES string of the molecule is Nc1ccccc1OC(F)(F)C(F)Cl. The van der Waals surface area contributed by atoms with Crippen LogP contribution in [0.25, 0.3) is 0 Å². The van der Waals surface area contributed by atoms with Crippen LogP contribution in [0.15, 0.2) is 24.3 Å². The minimum absolute atomic E-state index is 0.00973. The van der Waals surface area contributed by atoms with Crippen molar-refractivity contribution in [3.8, 4) is 5.75 Å². The summed E-state index contributed by atoms with van der Waals surface area (Å²) in [5, 5.41) is 0. The van der Waals surface area contributed by atoms with Crippen molar-refractivity contribution in [3.63, 3.8) is 0 Å². The number of nitrogen functional groups attached to an aromatic ring is 1. The largest absolute Gasteiger partial charge is 0.444 e. The lowest BCUT2D eigenvalue weighted by Gasteiger charge is -2.18. The van der Waals surface area contributed by atoms with Crippen LogP contribution in [0.2, 0.25) is 0 Å². The van der Waals surface area contributed by atoms with Gasteiger partial charge >= 0.3 is 6.11 Å². The van der Waals surface area contributed by atoms with Crippen LogP contribution < -0.4 is 10.5 Å². The normalized spacial score (nSPS) is 13.7. The summed E-state index contributed by atoms with van der Waals surface area (Å²) in [4.78, 5) is 0. The quantitative estimate of drug-likeness (QED) is 0.634. The Kier molecular flexibility index (Phi) is 3.10. The second-order valence-electron chi connectivity index (χ2n) is 2.50. The molecule has 1 rings (SSSR count). The standard InChI is InChI=1S/C8H7ClF3NO/c9-7(10)8(11,12)14-6-4-2-1-3-5(6)13/h1-4,7H,13H2. The third kappa shape index (κ3) is 2.45. The summed E-state index contributed by atoms with van der Waals surface area (Å²) < 4.78 is 41.4. The number of hydrogen-bond donors (Lipinski definition) is 1. The van der Waals surface area contributed by atoms with Gasteiger partial charge in [0.2, 0.25) is 0 Å². The molecule has 6 heteroatoms. The number of hydrogen-bond acceptors (Lipinski definition) is 2. The van der Waals surface area contributed by atoms with Gasteiger partial charge in [0.05, 0.1) is 5.69 Å². The Bertz CT molecular complexity index is 319. The van der Waals surface area contributed by atoms with Crippen molar-refractivity contribution in [3.05, 3.63) is 24.3 Å². The van der Waals surface area contributed by atoms with E-state index in [9.17, 15) is 13.2 Å². The number of ether oxygens (including phenoxy) is 1. The second-order valence-corrected chi connectivity index (χ2v) is 2.89. The summed E-state index contributed by atoms with van der Waals surface area (Å²) in [6, 6.07) is 5.52. The van der Waals surface area contributed by atoms with Gasteiger partial charge in [0.1, 0.15) is 5.75 Å². The molecular weight excluding hydrogens is 219 g/mol. The van der Waals surface area contributed by atoms with Crippen LogP contribution in [0.1, 0.15) is 0 Å². The van der Waals surface area contributed by atoms with Gasteiger partial charge < -0.3 is 10.5 Å². The van der Waals surface area contributed by atoms with Crippen LogP contribution in [0.3, 0.4) is 0 Å². The van der Waals surface area contributed by atoms with Crippen LogP contribution in [0.4, 0.5) is 18.9 Å². The van der Waals surface area contributed by atoms with Crippen molar-refractivity contribution in [1.29, 1.82) is 0 Å². The molecule has 0 aliphatic heterocycles. The maximum Gasteiger partial charge on any atom is 0.444 e. The van der Waals surface area contributed by atoms with Crippen molar-refractivity contribution >= 4 is 17.3 Å². The number of nitrogens with two attached hydrogens (primary N) is 1. The number of para-hydroxylation sites is 2. The smallest absolute Gasteiger partial charge is 0.427 e. The van der Waals surface area contributed by atoms with Crippen molar-refractivity contribution < 1.29 is 17.9 Å². The zero-order valence-electron chi connectivity index (χ0n) is 6.88. The topological polar surface area (TPSA) is 35.2 Å². The van der Waals surface area contributed by atoms with E-state index in [0.717, 1.165) is 0 Å². The van der Waals surface area contributed by atoms with E-state index in [1.807, 2.05) is 0 Å². The van der Waals surface area contributed by atoms with E-state index in [1.165, 1.54) is 24.3 Å². The van der Waals surface area contributed by atoms with Crippen LogP contribution in [0.5, 0.6) is 5.75 Å². The molecule has 0 spiro atoms. The molecular formula is C8H7ClF3NO. The molecule has 1 atom stereocenters. The van der Waals surface area contributed by atoms with Gasteiger partial charge in [-0.15, -0.1) is 0 Å². The number of rotatable bonds is 3. The molecule has 14 heavy (non-hydrogen) atoms. The van der Waals surface area contributed by atoms with Crippen molar-refractivity contribution in [2.75, 3.05) is 5.73 Å². The maximum absolute atomic E-state index is 12.6. The molecule has 1 aromatic carbocycles. The first-order valence-corrected chi connectivity index (χ1v) is 4.06. The number of anilines is 1. The predicted molar refractivity (Wildman–Crippen MR) is 47.2 cm³/mol. The van der Waals surface area contributed by atoms with Crippen LogP contribution in [-0.4, -0.2) is 11.7 Å². The summed E-state index contributed by atoms with van der Waals surface area (Å²) in [7, 11) is 0. The zero-order valence-corrected chi connectivity index (χ0v) is 7.64. The van der Waals surface area contributed by atoms with Gasteiger partial charge in [-0.1, -0.05) is 23.7 Å². The fraction of sp³-hybridized carbons (Fsp3) is 0.250. The fourth-order valence-electron chi connectivity index (χ4n) is 0.765. The lowest BCUT2D eigenvalue weighted by atomic mass is 10.3. The van der Waals surface area contributed by atoms with Gasteiger partial charge in [-0.25, -0.2) is 4.39 Å². The Labute approximate surface area is 83.4 Å². The monoisotopic (exact) mass is 225 g/mol. The summed E-state index contributed by atoms with van der Waals surface area (Å²) in [5.74, 6) is -0.305. The summed E-state index contributed by atoms with van der Waals surface area (Å²) >= 11 is 4.59. The van der Waals surface area contributed by atoms with E-state index < -0.39 is 11.7 Å². The van der Waals surface area contributed by atoms with E-state index in [1.54, 1.807) is 0 Å². The highest BCUT2D eigenvalue weighted by Gasteiger charge is 2.42. The summed E-state index contributed by atoms with van der Waals surface area (Å²) in [6.45, 7) is 0. The maximum atomic E-state index is 12.6. The molecule has 1 unspecified atom stereocenters. The molecule has 1 aromatic rings. The molecule has 0 saturated heterocycles. The Morgan fingerprint density at radius 1 is 1.36 bits per heavy atom. The molecule has 0 fully saturated rings. The van der Waals surface area contributed by atoms with E-state index in [0.29, 0.717) is 0 Å². The van der Waals surface area contributed by atoms with E-state index in [2.05, 4.69) is 16.3 Å². The van der Waals surface area contributed by atoms with Crippen molar-refractivity contribution in [2.45, 2.75) is 11.7 Å². The van der Waals surface area contributed by atoms with Gasteiger partial charge in [-0.3, -0.25) is 0 Å². The third-order valence-corrected chi connectivity index (χ3v) is 1.67. The highest BCUT2D eigenvalue weighted by atomic mass is 35.5. The molecule has 0 aliphatic carbocycles. The number of benzene rings is 1. The first-order chi connectivity index (χ1) is 6.43. The van der Waals surface area contributed by atoms with Gasteiger partial charge in [0.15, 0.2) is 0 Å². The summed E-state index contributed by atoms with van der Waals surface area (Å²) in [5.41, 5.74) is 2.38. The molecule has 0 radical (unpaired) electrons. The van der Waals surface area contributed by atoms with Crippen molar-refractivity contribution in [2.24, 2.45) is 0 Å². The van der Waals surface area contributed by atoms with Gasteiger partial charge in [-0.05, 0) is 12.1 Å². The van der Waals surface area contributed by atoms with Gasteiger partial charge in [0, 0.05) is 0 Å². The van der Waals surface area contributed by atoms with E-state index in [-0.39, 0.29) is 11.4 Å². The zero-order chi connectivity index (χ0) is 10.8. The van der Waals surface area contributed by atoms with Crippen LogP contribution in [-0.2, 0) is 0 Å². The molecule has 0 aliphatic rings. The third-order valence-electron chi connectivity index (χ3n) is 1.42. The first-order valence-electron chi connectivity index (χ1n) is 3.63. The van der Waals surface area contributed by atoms with Crippen LogP contribution in [0, 0.1) is 0 Å². The Balaban J connectivity index is 2.84. The molecule has 2 nitrogen and oxygen atoms in total. The first kappa shape index (κ1) is 11.0. The molecule has 2 N–H and O–H groups in total. The summed E-state index contributed by atoms with van der Waals surface area (Å²) in [6.07, 6.45) is -4.09. The molecule has 0 heterocycles. The van der Waals surface area contributed by atoms with E-state index >= 15 is 0 Å². The van der Waals surface area contributed by atoms with Crippen molar-refractivity contribution in [1.82, 2.24) is 0 Å². The van der Waals surface area contributed by atoms with E-state index in [4.69, 9.17) is 5.73 Å². The Hall–Kier alpha value is -1.10. The lowest BCUT2D eigenvalue weighted by Crippen LogP contribution is -2.33. The van der Waals surface area contributed by atoms with Gasteiger partial charge in [0.25, 0.3) is 5.63 Å². The Morgan fingerprint density at radius 2 is 1.93 bits per heavy atom. The fourth-order valence-corrected chi connectivity index (χ4v) is 0.809. The minimum atomic E-state index is -4.09. The lowest BCUT2D eigenvalue weighted by molar-refractivity contribution is -0.198. The Morgan fingerprint density at radius 3 is 2.43 bits per heavy atom. The highest BCUT2D eigenvalue weighted by Crippen LogP contribution is 2.31. The molecule has 0 saturated carbocycles. The number of alkyl halides is 4. The molecule has 78 valence electrons. The van der Waals surface area contributed by atoms with Gasteiger partial charge in [-0.2, -0.15) is 8.78 Å². The number of halogens is 4. The highest BCUT2D eigenvalue weighted by molar-refractivity contribution is 6.20. The molecule has 0 aromatic heterocycles. The second kappa shape index (κ2) is 3.96. The average molecular weight is 226 g/mol. The molecule has 0 bridgehead atoms.